The van der Waals surface area contributed by atoms with Gasteiger partial charge in [-0.1, -0.05) is 78.0 Å². The average Bonchev–Trinajstić information content (AvgIpc) is 3.74. The molecule has 6 heterocycles. The number of aliphatic imine (C=N–C) groups is 1. The van der Waals surface area contributed by atoms with E-state index < -0.39 is 18.3 Å². The van der Waals surface area contributed by atoms with E-state index in [9.17, 15) is 30.6 Å². The lowest BCUT2D eigenvalue weighted by Gasteiger charge is -2.51. The van der Waals surface area contributed by atoms with Crippen LogP contribution in [0.5, 0.6) is 28.7 Å². The molecule has 9 N–H and O–H groups in total. The van der Waals surface area contributed by atoms with Crippen molar-refractivity contribution in [2.24, 2.45) is 63.0 Å². The molecule has 13 heteroatoms. The number of phenolic OH excluding ortho intramolecular Hbond substituents is 2. The van der Waals surface area contributed by atoms with Crippen molar-refractivity contribution in [2.75, 3.05) is 40.0 Å². The summed E-state index contributed by atoms with van der Waals surface area (Å²) in [6.07, 6.45) is 18.2. The van der Waals surface area contributed by atoms with Crippen LogP contribution in [0, 0.1) is 52.3 Å². The van der Waals surface area contributed by atoms with E-state index in [1.54, 1.807) is 19.2 Å². The number of allylic oxidation sites excluding steroid dienone is 2. The zero-order chi connectivity index (χ0) is 54.9. The van der Waals surface area contributed by atoms with Crippen molar-refractivity contribution in [1.29, 1.82) is 0 Å². The first-order valence-electron chi connectivity index (χ1n) is 30.3. The molecule has 1 saturated heterocycles. The first kappa shape index (κ1) is 56.7. The van der Waals surface area contributed by atoms with Crippen LogP contribution in [0.4, 0.5) is 0 Å². The van der Waals surface area contributed by atoms with E-state index in [0.717, 1.165) is 117 Å². The fourth-order valence-corrected chi connectivity index (χ4v) is 16.5. The number of aliphatic hydroxyl groups is 4. The van der Waals surface area contributed by atoms with Crippen molar-refractivity contribution in [3.63, 3.8) is 0 Å². The van der Waals surface area contributed by atoms with Crippen LogP contribution in [0.15, 0.2) is 53.5 Å². The number of aliphatic hydroxyl groups excluding tert-OH is 4. The molecule has 14 atom stereocenters. The number of unbranched alkanes of at least 4 members (excludes halogenated alkanes) is 2. The predicted molar refractivity (Wildman–Crippen MR) is 305 cm³/mol. The Balaban J connectivity index is 1.10. The summed E-state index contributed by atoms with van der Waals surface area (Å²) < 4.78 is 26.4. The maximum Gasteiger partial charge on any atom is 0.188 e. The van der Waals surface area contributed by atoms with Crippen LogP contribution in [-0.2, 0) is 24.0 Å². The van der Waals surface area contributed by atoms with E-state index in [0.29, 0.717) is 98.2 Å². The molecule has 78 heavy (non-hydrogen) atoms. The van der Waals surface area contributed by atoms with Crippen molar-refractivity contribution in [1.82, 2.24) is 5.32 Å². The molecule has 13 nitrogen and oxygen atoms in total. The second kappa shape index (κ2) is 24.3. The summed E-state index contributed by atoms with van der Waals surface area (Å²) in [6.45, 7) is 10.6. The van der Waals surface area contributed by atoms with Crippen molar-refractivity contribution in [3.05, 3.63) is 76.4 Å². The molecule has 13 rings (SSSR count). The second-order valence-corrected chi connectivity index (χ2v) is 25.8. The number of guanidine groups is 1. The molecule has 2 spiro atoms. The smallest absolute Gasteiger partial charge is 0.188 e. The summed E-state index contributed by atoms with van der Waals surface area (Å²) in [5.74, 6) is 3.52. The number of rotatable bonds is 10. The lowest BCUT2D eigenvalue weighted by molar-refractivity contribution is -0.116. The van der Waals surface area contributed by atoms with Crippen LogP contribution in [0.1, 0.15) is 170 Å². The zero-order valence-corrected chi connectivity index (χ0v) is 47.4. The second-order valence-electron chi connectivity index (χ2n) is 25.8. The number of ether oxygens (including phenoxy) is 4. The number of fused-ring (bicyclic) bond motifs is 2. The maximum atomic E-state index is 12.8. The molecular weight excluding hydrogens is 983 g/mol. The van der Waals surface area contributed by atoms with Gasteiger partial charge in [-0.2, -0.15) is 0 Å². The van der Waals surface area contributed by atoms with E-state index in [1.165, 1.54) is 6.42 Å². The minimum absolute atomic E-state index is 0.00330. The molecule has 0 radical (unpaired) electrons. The van der Waals surface area contributed by atoms with E-state index in [2.05, 4.69) is 51.2 Å². The Hall–Kier alpha value is -4.53. The molecular formula is C65H93N3O10. The maximum absolute atomic E-state index is 12.8. The van der Waals surface area contributed by atoms with E-state index in [-0.39, 0.29) is 77.5 Å². The minimum atomic E-state index is -0.930. The lowest BCUT2D eigenvalue weighted by atomic mass is 9.57. The third kappa shape index (κ3) is 11.4. The molecule has 428 valence electrons. The average molecular weight is 1080 g/mol. The number of hydrogen-bond acceptors (Lipinski definition) is 13. The molecule has 8 bridgehead atoms. The highest BCUT2D eigenvalue weighted by Gasteiger charge is 2.57. The number of methoxy groups -OCH3 is 1. The number of nitrogens with one attached hydrogen (secondary N) is 1. The molecule has 6 aliphatic heterocycles. The fraction of sp³-hybridized carbons (Fsp3) is 0.677. The number of phenols is 2. The van der Waals surface area contributed by atoms with Crippen LogP contribution < -0.4 is 25.3 Å². The van der Waals surface area contributed by atoms with Crippen molar-refractivity contribution in [2.45, 2.75) is 186 Å². The van der Waals surface area contributed by atoms with Gasteiger partial charge in [0.2, 0.25) is 0 Å². The van der Waals surface area contributed by atoms with Gasteiger partial charge in [-0.15, -0.1) is 0 Å². The SMILES string of the molecule is CCCCCC(C)C1CC2C=CC1CC(O)CC1(CCCC13CCOC(CO)C3)CN=C(N)NCCC1C(CO)CCCC1Oc1cc(ccc1O)C1Oc3cc(OC)c4c(c3CC1O)C2Cc1cc(O)c(CC(C)C)cc1-4. The third-order valence-electron chi connectivity index (χ3n) is 20.5. The van der Waals surface area contributed by atoms with Gasteiger partial charge in [0.05, 0.1) is 32.0 Å². The van der Waals surface area contributed by atoms with Gasteiger partial charge in [-0.3, -0.25) is 4.99 Å². The molecule has 3 aromatic carbocycles. The van der Waals surface area contributed by atoms with Crippen LogP contribution in [0.3, 0.4) is 0 Å². The molecule has 3 aromatic rings. The summed E-state index contributed by atoms with van der Waals surface area (Å²) in [5.41, 5.74) is 13.1. The summed E-state index contributed by atoms with van der Waals surface area (Å²) in [5, 5.41) is 73.0. The van der Waals surface area contributed by atoms with Gasteiger partial charge < -0.3 is 60.6 Å². The standard InChI is InChI=1S/C65H93N3O10/c1-6-7-8-11-39(4)49-26-41-15-14-40(49)25-46(71)33-65(20-10-19-64(65)21-23-76-47(34-64)36-70)37-68-63(66)67-22-18-48-43(35-69)12-9-13-56(48)77-58-30-42(16-17-53(58)72)62-55(74)31-52-57(78-62)32-59(75-5)61-51-28-45(24-38(2)3)54(73)29-44(51)27-50(41)60(52)61/h14-17,28-30,32,38-41,43,46-50,55-56,62,69-74H,6-13,18-27,31,33-37H2,1-5H3,(H3,66,67,68). The fourth-order valence-electron chi connectivity index (χ4n) is 16.5. The van der Waals surface area contributed by atoms with Crippen molar-refractivity contribution in [3.8, 4) is 39.9 Å². The van der Waals surface area contributed by atoms with Gasteiger partial charge in [0.25, 0.3) is 0 Å². The monoisotopic (exact) mass is 1080 g/mol. The lowest BCUT2D eigenvalue weighted by Crippen LogP contribution is -2.49. The minimum Gasteiger partial charge on any atom is -0.508 e. The Morgan fingerprint density at radius 2 is 1.68 bits per heavy atom. The van der Waals surface area contributed by atoms with Crippen LogP contribution >= 0.6 is 0 Å². The van der Waals surface area contributed by atoms with Gasteiger partial charge in [-0.05, 0) is 188 Å². The summed E-state index contributed by atoms with van der Waals surface area (Å²) in [6, 6.07) is 11.4. The van der Waals surface area contributed by atoms with E-state index >= 15 is 0 Å². The first-order chi connectivity index (χ1) is 37.7. The number of nitrogens with zero attached hydrogens (tertiary/aromatic N) is 1. The van der Waals surface area contributed by atoms with Crippen molar-refractivity contribution >= 4 is 5.96 Å². The summed E-state index contributed by atoms with van der Waals surface area (Å²) >= 11 is 0. The Labute approximate surface area is 464 Å². The van der Waals surface area contributed by atoms with Crippen molar-refractivity contribution < 1.29 is 49.6 Å². The molecule has 10 aliphatic rings. The van der Waals surface area contributed by atoms with Gasteiger partial charge in [0, 0.05) is 55.8 Å². The number of nitrogens with two attached hydrogens (primary N) is 1. The van der Waals surface area contributed by atoms with E-state index in [1.807, 2.05) is 18.2 Å². The Morgan fingerprint density at radius 1 is 0.859 bits per heavy atom. The molecule has 4 aliphatic carbocycles. The zero-order valence-electron chi connectivity index (χ0n) is 47.4. The quantitative estimate of drug-likeness (QED) is 0.0705. The van der Waals surface area contributed by atoms with Gasteiger partial charge >= 0.3 is 0 Å². The summed E-state index contributed by atoms with van der Waals surface area (Å²) in [7, 11) is 1.72. The normalized spacial score (nSPS) is 33.4. The topological polar surface area (TPSA) is 209 Å². The number of hydrogen-bond donors (Lipinski definition) is 8. The number of benzene rings is 3. The highest BCUT2D eigenvalue weighted by Crippen LogP contribution is 2.62. The van der Waals surface area contributed by atoms with Gasteiger partial charge in [0.1, 0.15) is 29.5 Å². The van der Waals surface area contributed by atoms with E-state index in [4.69, 9.17) is 29.7 Å². The predicted octanol–water partition coefficient (Wildman–Crippen LogP) is 10.6. The molecule has 14 unspecified atom stereocenters. The number of aromatic hydroxyl groups is 2. The van der Waals surface area contributed by atoms with Crippen LogP contribution in [0.2, 0.25) is 0 Å². The Morgan fingerprint density at radius 3 is 2.46 bits per heavy atom. The highest BCUT2D eigenvalue weighted by atomic mass is 16.5. The highest BCUT2D eigenvalue weighted by molar-refractivity contribution is 5.84. The van der Waals surface area contributed by atoms with Crippen LogP contribution in [0.25, 0.3) is 11.1 Å². The third-order valence-corrected chi connectivity index (χ3v) is 20.5. The molecule has 2 saturated carbocycles. The Bertz CT molecular complexity index is 2620. The Kier molecular flexibility index (Phi) is 17.7. The van der Waals surface area contributed by atoms with Gasteiger partial charge in [0.15, 0.2) is 17.5 Å². The largest absolute Gasteiger partial charge is 0.508 e. The summed E-state index contributed by atoms with van der Waals surface area (Å²) in [4.78, 5) is 5.15. The van der Waals surface area contributed by atoms with Crippen LogP contribution in [-0.4, -0.2) is 101 Å². The van der Waals surface area contributed by atoms with Gasteiger partial charge in [-0.25, -0.2) is 0 Å². The first-order valence-corrected chi connectivity index (χ1v) is 30.3. The molecule has 3 fully saturated rings. The molecule has 0 amide bonds. The molecule has 0 aromatic heterocycles.